The molecule has 0 bridgehead atoms. The molecule has 8 heteroatoms. The summed E-state index contributed by atoms with van der Waals surface area (Å²) in [6, 6.07) is 11.5. The molecule has 0 spiro atoms. The number of fused-ring (bicyclic) bond motifs is 1. The number of nitrogens with zero attached hydrogens (tertiary/aromatic N) is 5. The van der Waals surface area contributed by atoms with Crippen LogP contribution in [0.15, 0.2) is 40.9 Å². The molecular weight excluding hydrogens is 370 g/mol. The highest BCUT2D eigenvalue weighted by molar-refractivity contribution is 5.80. The van der Waals surface area contributed by atoms with E-state index in [2.05, 4.69) is 27.4 Å². The molecular formula is C21H21N5O3. The molecule has 0 N–H and O–H groups in total. The van der Waals surface area contributed by atoms with Crippen molar-refractivity contribution in [1.29, 1.82) is 0 Å². The molecule has 2 aromatic carbocycles. The van der Waals surface area contributed by atoms with Gasteiger partial charge in [-0.3, -0.25) is 0 Å². The molecule has 2 heterocycles. The molecule has 148 valence electrons. The van der Waals surface area contributed by atoms with Gasteiger partial charge in [-0.25, -0.2) is 4.68 Å². The van der Waals surface area contributed by atoms with Crippen molar-refractivity contribution in [3.05, 3.63) is 47.9 Å². The normalized spacial score (nSPS) is 11.4. The number of hydrogen-bond acceptors (Lipinski definition) is 7. The number of aryl methyl sites for hydroxylation is 1. The Morgan fingerprint density at radius 1 is 1.03 bits per heavy atom. The second-order valence-corrected chi connectivity index (χ2v) is 6.42. The van der Waals surface area contributed by atoms with Gasteiger partial charge >= 0.3 is 0 Å². The molecule has 8 nitrogen and oxygen atoms in total. The third kappa shape index (κ3) is 3.82. The van der Waals surface area contributed by atoms with Gasteiger partial charge in [-0.05, 0) is 48.4 Å². The smallest absolute Gasteiger partial charge is 0.250 e. The van der Waals surface area contributed by atoms with Crippen molar-refractivity contribution in [2.24, 2.45) is 0 Å². The SMILES string of the molecule is CCCn1nnc2cc(-c3noc(C=Cc4ccc(OC)c(OC)c4)n3)ccc21. The van der Waals surface area contributed by atoms with Crippen LogP contribution in [0.3, 0.4) is 0 Å². The van der Waals surface area contributed by atoms with Gasteiger partial charge in [0.2, 0.25) is 5.82 Å². The Bertz CT molecular complexity index is 1160. The lowest BCUT2D eigenvalue weighted by molar-refractivity contribution is 0.355. The van der Waals surface area contributed by atoms with Gasteiger partial charge in [0.1, 0.15) is 5.52 Å². The molecule has 4 aromatic rings. The number of aromatic nitrogens is 5. The monoisotopic (exact) mass is 391 g/mol. The first-order valence-electron chi connectivity index (χ1n) is 9.29. The van der Waals surface area contributed by atoms with Crippen LogP contribution in [-0.4, -0.2) is 39.4 Å². The Morgan fingerprint density at radius 3 is 2.69 bits per heavy atom. The molecule has 0 aliphatic heterocycles. The largest absolute Gasteiger partial charge is 0.493 e. The van der Waals surface area contributed by atoms with Gasteiger partial charge in [-0.15, -0.1) is 5.10 Å². The molecule has 0 aliphatic carbocycles. The quantitative estimate of drug-likeness (QED) is 0.469. The summed E-state index contributed by atoms with van der Waals surface area (Å²) in [6.45, 7) is 2.95. The number of hydrogen-bond donors (Lipinski definition) is 0. The van der Waals surface area contributed by atoms with Crippen LogP contribution in [0.2, 0.25) is 0 Å². The Labute approximate surface area is 167 Å². The lowest BCUT2D eigenvalue weighted by Crippen LogP contribution is -1.98. The lowest BCUT2D eigenvalue weighted by Gasteiger charge is -2.07. The molecule has 2 aromatic heterocycles. The summed E-state index contributed by atoms with van der Waals surface area (Å²) in [5.41, 5.74) is 3.56. The van der Waals surface area contributed by atoms with Gasteiger partial charge < -0.3 is 14.0 Å². The summed E-state index contributed by atoms with van der Waals surface area (Å²) in [4.78, 5) is 4.45. The molecule has 0 radical (unpaired) electrons. The Kier molecular flexibility index (Phi) is 5.24. The summed E-state index contributed by atoms with van der Waals surface area (Å²) in [5.74, 6) is 2.25. The Hall–Kier alpha value is -3.68. The zero-order valence-electron chi connectivity index (χ0n) is 16.5. The van der Waals surface area contributed by atoms with Crippen LogP contribution < -0.4 is 9.47 Å². The van der Waals surface area contributed by atoms with Crippen LogP contribution in [0, 0.1) is 0 Å². The summed E-state index contributed by atoms with van der Waals surface area (Å²) in [6.07, 6.45) is 4.63. The summed E-state index contributed by atoms with van der Waals surface area (Å²) in [7, 11) is 3.21. The van der Waals surface area contributed by atoms with Crippen molar-refractivity contribution in [1.82, 2.24) is 25.1 Å². The van der Waals surface area contributed by atoms with E-state index in [1.165, 1.54) is 0 Å². The van der Waals surface area contributed by atoms with Crippen molar-refractivity contribution < 1.29 is 14.0 Å². The molecule has 0 saturated carbocycles. The van der Waals surface area contributed by atoms with Crippen molar-refractivity contribution in [2.45, 2.75) is 19.9 Å². The van der Waals surface area contributed by atoms with Gasteiger partial charge in [0.05, 0.1) is 19.7 Å². The highest BCUT2D eigenvalue weighted by Crippen LogP contribution is 2.28. The fraction of sp³-hybridized carbons (Fsp3) is 0.238. The number of ether oxygens (including phenoxy) is 2. The first-order chi connectivity index (χ1) is 14.2. The van der Waals surface area contributed by atoms with E-state index in [0.717, 1.165) is 35.1 Å². The van der Waals surface area contributed by atoms with Gasteiger partial charge in [-0.1, -0.05) is 23.4 Å². The van der Waals surface area contributed by atoms with E-state index in [1.807, 2.05) is 47.2 Å². The molecule has 0 saturated heterocycles. The maximum Gasteiger partial charge on any atom is 0.250 e. The average molecular weight is 391 g/mol. The van der Waals surface area contributed by atoms with Crippen molar-refractivity contribution in [3.63, 3.8) is 0 Å². The molecule has 0 amide bonds. The maximum absolute atomic E-state index is 5.35. The van der Waals surface area contributed by atoms with Crippen LogP contribution in [0.1, 0.15) is 24.8 Å². The zero-order chi connectivity index (χ0) is 20.2. The fourth-order valence-corrected chi connectivity index (χ4v) is 3.03. The number of methoxy groups -OCH3 is 2. The molecule has 0 aliphatic rings. The Balaban J connectivity index is 1.55. The van der Waals surface area contributed by atoms with E-state index in [4.69, 9.17) is 14.0 Å². The highest BCUT2D eigenvalue weighted by Gasteiger charge is 2.11. The van der Waals surface area contributed by atoms with E-state index in [-0.39, 0.29) is 0 Å². The first-order valence-corrected chi connectivity index (χ1v) is 9.29. The number of rotatable bonds is 7. The van der Waals surface area contributed by atoms with E-state index < -0.39 is 0 Å². The van der Waals surface area contributed by atoms with Crippen LogP contribution >= 0.6 is 0 Å². The molecule has 0 atom stereocenters. The zero-order valence-corrected chi connectivity index (χ0v) is 16.5. The highest BCUT2D eigenvalue weighted by atomic mass is 16.5. The number of benzene rings is 2. The second kappa shape index (κ2) is 8.14. The first kappa shape index (κ1) is 18.7. The van der Waals surface area contributed by atoms with Gasteiger partial charge in [0.25, 0.3) is 5.89 Å². The van der Waals surface area contributed by atoms with Crippen LogP contribution in [0.5, 0.6) is 11.5 Å². The van der Waals surface area contributed by atoms with Crippen molar-refractivity contribution in [2.75, 3.05) is 14.2 Å². The Morgan fingerprint density at radius 2 is 1.90 bits per heavy atom. The molecule has 4 rings (SSSR count). The summed E-state index contributed by atoms with van der Waals surface area (Å²) >= 11 is 0. The maximum atomic E-state index is 5.35. The molecule has 29 heavy (non-hydrogen) atoms. The van der Waals surface area contributed by atoms with Crippen LogP contribution in [0.25, 0.3) is 34.6 Å². The predicted molar refractivity (Wildman–Crippen MR) is 110 cm³/mol. The fourth-order valence-electron chi connectivity index (χ4n) is 3.03. The van der Waals surface area contributed by atoms with Crippen molar-refractivity contribution >= 4 is 23.2 Å². The van der Waals surface area contributed by atoms with Gasteiger partial charge in [0.15, 0.2) is 11.5 Å². The molecule has 0 fully saturated rings. The van der Waals surface area contributed by atoms with Gasteiger partial charge in [0, 0.05) is 18.2 Å². The minimum absolute atomic E-state index is 0.407. The molecule has 0 unspecified atom stereocenters. The lowest BCUT2D eigenvalue weighted by atomic mass is 10.2. The summed E-state index contributed by atoms with van der Waals surface area (Å²) < 4.78 is 17.8. The minimum Gasteiger partial charge on any atom is -0.493 e. The third-order valence-corrected chi connectivity index (χ3v) is 4.48. The third-order valence-electron chi connectivity index (χ3n) is 4.48. The standard InChI is InChI=1S/C21H21N5O3/c1-4-11-26-17-8-7-15(13-16(17)23-25-26)21-22-20(29-24-21)10-6-14-5-9-18(27-2)19(12-14)28-3/h5-10,12-13H,4,11H2,1-3H3. The van der Waals surface area contributed by atoms with E-state index >= 15 is 0 Å². The minimum atomic E-state index is 0.407. The van der Waals surface area contributed by atoms with Crippen LogP contribution in [-0.2, 0) is 6.54 Å². The van der Waals surface area contributed by atoms with E-state index in [9.17, 15) is 0 Å². The van der Waals surface area contributed by atoms with Crippen molar-refractivity contribution in [3.8, 4) is 22.9 Å². The van der Waals surface area contributed by atoms with E-state index in [0.29, 0.717) is 23.2 Å². The second-order valence-electron chi connectivity index (χ2n) is 6.42. The van der Waals surface area contributed by atoms with Crippen LogP contribution in [0.4, 0.5) is 0 Å². The van der Waals surface area contributed by atoms with E-state index in [1.54, 1.807) is 20.3 Å². The summed E-state index contributed by atoms with van der Waals surface area (Å²) in [5, 5.41) is 12.5. The average Bonchev–Trinajstić information content (AvgIpc) is 3.39. The van der Waals surface area contributed by atoms with Gasteiger partial charge in [-0.2, -0.15) is 4.98 Å². The topological polar surface area (TPSA) is 88.1 Å². The predicted octanol–water partition coefficient (Wildman–Crippen LogP) is 4.08.